The number of aliphatic hydroxyl groups is 1. The third kappa shape index (κ3) is 11.6. The predicted octanol–water partition coefficient (Wildman–Crippen LogP) is 7.46. The van der Waals surface area contributed by atoms with Crippen molar-refractivity contribution in [2.24, 2.45) is 17.8 Å². The fourth-order valence-electron chi connectivity index (χ4n) is 3.08. The van der Waals surface area contributed by atoms with Gasteiger partial charge in [0.05, 0.1) is 18.5 Å². The van der Waals surface area contributed by atoms with Gasteiger partial charge in [0.25, 0.3) is 0 Å². The molecule has 0 amide bonds. The van der Waals surface area contributed by atoms with E-state index in [-0.39, 0.29) is 6.10 Å². The van der Waals surface area contributed by atoms with Crippen LogP contribution in [0.4, 0.5) is 0 Å². The molecule has 1 aliphatic heterocycles. The van der Waals surface area contributed by atoms with Crippen LogP contribution in [0, 0.1) is 17.8 Å². The molecule has 0 radical (unpaired) electrons. The van der Waals surface area contributed by atoms with E-state index >= 15 is 0 Å². The molecule has 0 bridgehead atoms. The van der Waals surface area contributed by atoms with Gasteiger partial charge in [0.15, 0.2) is 0 Å². The lowest BCUT2D eigenvalue weighted by Gasteiger charge is -2.27. The summed E-state index contributed by atoms with van der Waals surface area (Å²) < 4.78 is 4.99. The van der Waals surface area contributed by atoms with Gasteiger partial charge >= 0.3 is 0 Å². The Morgan fingerprint density at radius 2 is 1.90 bits per heavy atom. The first kappa shape index (κ1) is 28.5. The van der Waals surface area contributed by atoms with Crippen LogP contribution in [-0.4, -0.2) is 29.8 Å². The molecule has 3 nitrogen and oxygen atoms in total. The van der Waals surface area contributed by atoms with Crippen molar-refractivity contribution in [1.29, 1.82) is 0 Å². The molecule has 0 aliphatic carbocycles. The first-order valence-electron chi connectivity index (χ1n) is 12.0. The smallest absolute Gasteiger partial charge is 0.0914 e. The maximum Gasteiger partial charge on any atom is 0.0914 e. The highest BCUT2D eigenvalue weighted by molar-refractivity contribution is 5.23. The molecule has 0 aromatic rings. The minimum Gasteiger partial charge on any atom is -0.498 e. The zero-order valence-electron chi connectivity index (χ0n) is 20.9. The Labute approximate surface area is 187 Å². The maximum atomic E-state index is 8.94. The van der Waals surface area contributed by atoms with E-state index in [1.165, 1.54) is 30.7 Å². The van der Waals surface area contributed by atoms with Crippen molar-refractivity contribution in [3.63, 3.8) is 0 Å². The zero-order chi connectivity index (χ0) is 23.1. The number of nitrogens with zero attached hydrogens (tertiary/aromatic N) is 1. The largest absolute Gasteiger partial charge is 0.498 e. The fourth-order valence-corrected chi connectivity index (χ4v) is 3.08. The summed E-state index contributed by atoms with van der Waals surface area (Å²) >= 11 is 0. The zero-order valence-corrected chi connectivity index (χ0v) is 20.9. The first-order chi connectivity index (χ1) is 14.2. The number of hydrogen-bond donors (Lipinski definition) is 1. The molecule has 1 saturated heterocycles. The normalized spacial score (nSPS) is 20.1. The van der Waals surface area contributed by atoms with Gasteiger partial charge in [-0.15, -0.1) is 0 Å². The average molecular weight is 420 g/mol. The van der Waals surface area contributed by atoms with Crippen LogP contribution < -0.4 is 0 Å². The van der Waals surface area contributed by atoms with Crippen molar-refractivity contribution in [2.75, 3.05) is 13.7 Å². The van der Waals surface area contributed by atoms with Crippen LogP contribution in [-0.2, 0) is 4.74 Å². The van der Waals surface area contributed by atoms with E-state index in [4.69, 9.17) is 9.84 Å². The van der Waals surface area contributed by atoms with Crippen molar-refractivity contribution < 1.29 is 9.84 Å². The number of rotatable bonds is 11. The number of likely N-dealkylation sites (N-methyl/N-ethyl adjacent to an activating group) is 1. The summed E-state index contributed by atoms with van der Waals surface area (Å²) in [5, 5.41) is 8.94. The van der Waals surface area contributed by atoms with Gasteiger partial charge in [-0.2, -0.15) is 0 Å². The van der Waals surface area contributed by atoms with Gasteiger partial charge in [-0.3, -0.25) is 0 Å². The summed E-state index contributed by atoms with van der Waals surface area (Å²) in [7, 11) is 2.16. The van der Waals surface area contributed by atoms with Gasteiger partial charge in [0.2, 0.25) is 0 Å². The molecule has 174 valence electrons. The second-order valence-corrected chi connectivity index (χ2v) is 8.77. The molecule has 1 aliphatic rings. The van der Waals surface area contributed by atoms with E-state index in [0.717, 1.165) is 25.2 Å². The first-order valence-corrected chi connectivity index (χ1v) is 12.0. The van der Waals surface area contributed by atoms with E-state index in [2.05, 4.69) is 84.9 Å². The number of ether oxygens (including phenoxy) is 1. The minimum absolute atomic E-state index is 0.212. The lowest BCUT2D eigenvalue weighted by atomic mass is 9.93. The van der Waals surface area contributed by atoms with Crippen LogP contribution >= 0.6 is 0 Å². The van der Waals surface area contributed by atoms with Gasteiger partial charge in [-0.1, -0.05) is 79.7 Å². The van der Waals surface area contributed by atoms with Crippen LogP contribution in [0.5, 0.6) is 0 Å². The predicted molar refractivity (Wildman–Crippen MR) is 132 cm³/mol. The molecule has 0 aromatic heterocycles. The molecule has 0 spiro atoms. The molecule has 4 unspecified atom stereocenters. The lowest BCUT2D eigenvalue weighted by Crippen LogP contribution is -2.20. The van der Waals surface area contributed by atoms with Crippen LogP contribution in [0.15, 0.2) is 48.5 Å². The molecule has 4 atom stereocenters. The van der Waals surface area contributed by atoms with E-state index in [1.807, 2.05) is 0 Å². The van der Waals surface area contributed by atoms with E-state index in [0.29, 0.717) is 30.6 Å². The molecule has 0 aromatic carbocycles. The summed E-state index contributed by atoms with van der Waals surface area (Å²) in [6.45, 7) is 22.2. The molecular formula is C27H49NO2. The topological polar surface area (TPSA) is 32.7 Å². The molecular weight excluding hydrogens is 370 g/mol. The van der Waals surface area contributed by atoms with Gasteiger partial charge < -0.3 is 14.7 Å². The SMILES string of the molecule is C=C(C(C)CC)N(C)C(/C=C\C(C)C(C)CC)=C\CCCC.C=C1CC(O)CCO1. The van der Waals surface area contributed by atoms with Crippen molar-refractivity contribution >= 4 is 0 Å². The third-order valence-corrected chi connectivity index (χ3v) is 6.24. The molecule has 1 rings (SSSR count). The Morgan fingerprint density at radius 3 is 2.37 bits per heavy atom. The van der Waals surface area contributed by atoms with Crippen LogP contribution in [0.2, 0.25) is 0 Å². The Balaban J connectivity index is 0.000000867. The van der Waals surface area contributed by atoms with E-state index < -0.39 is 0 Å². The number of unbranched alkanes of at least 4 members (excludes halogenated alkanes) is 2. The van der Waals surface area contributed by atoms with Gasteiger partial charge in [0.1, 0.15) is 0 Å². The standard InChI is InChI=1S/C21H39N.C6H10O2/c1-9-12-13-14-21(16-15-19(6)17(4)10-2)22(8)20(7)18(5)11-3;1-5-4-6(7)2-3-8-5/h14-19H,7,9-13H2,1-6,8H3;6-7H,1-4H2/b16-15-,21-14-;. The summed E-state index contributed by atoms with van der Waals surface area (Å²) in [6.07, 6.45) is 14.2. The van der Waals surface area contributed by atoms with Crippen molar-refractivity contribution in [2.45, 2.75) is 92.6 Å². The highest BCUT2D eigenvalue weighted by atomic mass is 16.5. The quantitative estimate of drug-likeness (QED) is 0.278. The van der Waals surface area contributed by atoms with Crippen molar-refractivity contribution in [1.82, 2.24) is 4.90 Å². The maximum absolute atomic E-state index is 8.94. The van der Waals surface area contributed by atoms with Gasteiger partial charge in [0, 0.05) is 31.3 Å². The molecule has 3 heteroatoms. The third-order valence-electron chi connectivity index (χ3n) is 6.24. The Bertz CT molecular complexity index is 549. The second-order valence-electron chi connectivity index (χ2n) is 8.77. The number of hydrogen-bond acceptors (Lipinski definition) is 3. The second kappa shape index (κ2) is 16.2. The fraction of sp³-hybridized carbons (Fsp3) is 0.704. The van der Waals surface area contributed by atoms with Crippen molar-refractivity contribution in [3.8, 4) is 0 Å². The molecule has 1 N–H and O–H groups in total. The average Bonchev–Trinajstić information content (AvgIpc) is 2.73. The lowest BCUT2D eigenvalue weighted by molar-refractivity contribution is 0.0593. The van der Waals surface area contributed by atoms with Gasteiger partial charge in [-0.25, -0.2) is 0 Å². The molecule has 1 heterocycles. The van der Waals surface area contributed by atoms with Crippen LogP contribution in [0.3, 0.4) is 0 Å². The summed E-state index contributed by atoms with van der Waals surface area (Å²) in [5.74, 6) is 2.59. The monoisotopic (exact) mass is 419 g/mol. The number of aliphatic hydroxyl groups excluding tert-OH is 1. The number of allylic oxidation sites excluding steroid dienone is 4. The highest BCUT2D eigenvalue weighted by Gasteiger charge is 2.13. The van der Waals surface area contributed by atoms with Crippen molar-refractivity contribution in [3.05, 3.63) is 48.5 Å². The summed E-state index contributed by atoms with van der Waals surface area (Å²) in [6, 6.07) is 0. The Hall–Kier alpha value is -1.48. The Kier molecular flexibility index (Phi) is 15.4. The highest BCUT2D eigenvalue weighted by Crippen LogP contribution is 2.23. The Morgan fingerprint density at radius 1 is 1.23 bits per heavy atom. The molecule has 30 heavy (non-hydrogen) atoms. The van der Waals surface area contributed by atoms with Crippen LogP contribution in [0.1, 0.15) is 86.5 Å². The minimum atomic E-state index is -0.212. The van der Waals surface area contributed by atoms with E-state index in [9.17, 15) is 0 Å². The van der Waals surface area contributed by atoms with E-state index in [1.54, 1.807) is 0 Å². The summed E-state index contributed by atoms with van der Waals surface area (Å²) in [4.78, 5) is 2.28. The summed E-state index contributed by atoms with van der Waals surface area (Å²) in [5.41, 5.74) is 2.51. The van der Waals surface area contributed by atoms with Crippen LogP contribution in [0.25, 0.3) is 0 Å². The molecule has 0 saturated carbocycles. The van der Waals surface area contributed by atoms with Gasteiger partial charge in [-0.05, 0) is 43.1 Å². The molecule has 1 fully saturated rings.